The van der Waals surface area contributed by atoms with Crippen LogP contribution in [0.4, 0.5) is 0 Å². The monoisotopic (exact) mass is 264 g/mol. The van der Waals surface area contributed by atoms with Crippen LogP contribution in [0.2, 0.25) is 0 Å². The highest BCUT2D eigenvalue weighted by molar-refractivity contribution is 5.96. The van der Waals surface area contributed by atoms with Crippen LogP contribution < -0.4 is 15.4 Å². The molecule has 0 aliphatic carbocycles. The van der Waals surface area contributed by atoms with Crippen molar-refractivity contribution in [2.75, 3.05) is 20.2 Å². The van der Waals surface area contributed by atoms with Gasteiger partial charge >= 0.3 is 0 Å². The molecular weight excluding hydrogens is 244 g/mol. The highest BCUT2D eigenvalue weighted by atomic mass is 16.5. The van der Waals surface area contributed by atoms with Gasteiger partial charge in [0, 0.05) is 12.6 Å². The molecule has 104 valence electrons. The molecule has 19 heavy (non-hydrogen) atoms. The fourth-order valence-corrected chi connectivity index (χ4v) is 1.39. The van der Waals surface area contributed by atoms with Crippen LogP contribution in [0.5, 0.6) is 5.75 Å². The lowest BCUT2D eigenvalue weighted by atomic mass is 10.2. The van der Waals surface area contributed by atoms with Gasteiger partial charge in [-0.3, -0.25) is 9.59 Å². The predicted octanol–water partition coefficient (Wildman–Crippen LogP) is 1.34. The van der Waals surface area contributed by atoms with Gasteiger partial charge in [0.05, 0.1) is 13.2 Å². The quantitative estimate of drug-likeness (QED) is 0.730. The molecule has 0 atom stereocenters. The number of hydrogen-bond donors (Lipinski definition) is 2. The number of ether oxygens (including phenoxy) is 1. The standard InChI is InChI=1S/C14H20N2O3/c1-3-4-9-19-12-7-5-11(6-8-12)14(18)16-10-13(17)15-2/h5-8H,3-4,9-10H2,1-2H3,(H,15,17)(H,16,18). The second-order valence-corrected chi connectivity index (χ2v) is 4.08. The zero-order chi connectivity index (χ0) is 14.1. The number of benzene rings is 1. The number of amides is 2. The third kappa shape index (κ3) is 5.42. The van der Waals surface area contributed by atoms with Gasteiger partial charge in [-0.15, -0.1) is 0 Å². The summed E-state index contributed by atoms with van der Waals surface area (Å²) in [5, 5.41) is 4.97. The maximum atomic E-state index is 11.7. The first-order chi connectivity index (χ1) is 9.17. The minimum Gasteiger partial charge on any atom is -0.494 e. The lowest BCUT2D eigenvalue weighted by Crippen LogP contribution is -2.35. The topological polar surface area (TPSA) is 67.4 Å². The number of nitrogens with one attached hydrogen (secondary N) is 2. The minimum absolute atomic E-state index is 0.0237. The van der Waals surface area contributed by atoms with Crippen LogP contribution in [0.25, 0.3) is 0 Å². The van der Waals surface area contributed by atoms with E-state index in [-0.39, 0.29) is 18.4 Å². The Labute approximate surface area is 113 Å². The third-order valence-electron chi connectivity index (χ3n) is 2.57. The Balaban J connectivity index is 2.46. The number of rotatable bonds is 7. The molecule has 0 fully saturated rings. The van der Waals surface area contributed by atoms with E-state index in [9.17, 15) is 9.59 Å². The van der Waals surface area contributed by atoms with Crippen LogP contribution >= 0.6 is 0 Å². The summed E-state index contributed by atoms with van der Waals surface area (Å²) in [5.41, 5.74) is 0.506. The molecule has 0 aliphatic rings. The summed E-state index contributed by atoms with van der Waals surface area (Å²) < 4.78 is 5.50. The lowest BCUT2D eigenvalue weighted by molar-refractivity contribution is -0.119. The van der Waals surface area contributed by atoms with Crippen LogP contribution in [-0.2, 0) is 4.79 Å². The highest BCUT2D eigenvalue weighted by Gasteiger charge is 2.07. The van der Waals surface area contributed by atoms with Gasteiger partial charge in [0.2, 0.25) is 5.91 Å². The molecule has 5 heteroatoms. The number of unbranched alkanes of at least 4 members (excludes halogenated alkanes) is 1. The predicted molar refractivity (Wildman–Crippen MR) is 73.2 cm³/mol. The van der Waals surface area contributed by atoms with Crippen LogP contribution in [0.3, 0.4) is 0 Å². The fourth-order valence-electron chi connectivity index (χ4n) is 1.39. The fraction of sp³-hybridized carbons (Fsp3) is 0.429. The van der Waals surface area contributed by atoms with Crippen molar-refractivity contribution < 1.29 is 14.3 Å². The molecule has 2 N–H and O–H groups in total. The zero-order valence-electron chi connectivity index (χ0n) is 11.4. The lowest BCUT2D eigenvalue weighted by Gasteiger charge is -2.07. The second-order valence-electron chi connectivity index (χ2n) is 4.08. The molecule has 5 nitrogen and oxygen atoms in total. The molecule has 0 aromatic heterocycles. The Kier molecular flexibility index (Phi) is 6.43. The second kappa shape index (κ2) is 8.13. The van der Waals surface area contributed by atoms with Crippen molar-refractivity contribution in [1.82, 2.24) is 10.6 Å². The van der Waals surface area contributed by atoms with E-state index < -0.39 is 0 Å². The normalized spacial score (nSPS) is 9.79. The number of carbonyl (C=O) groups is 2. The Morgan fingerprint density at radius 1 is 1.21 bits per heavy atom. The van der Waals surface area contributed by atoms with Gasteiger partial charge in [-0.2, -0.15) is 0 Å². The molecule has 1 aromatic rings. The van der Waals surface area contributed by atoms with Crippen molar-refractivity contribution >= 4 is 11.8 Å². The summed E-state index contributed by atoms with van der Waals surface area (Å²) in [6.07, 6.45) is 2.09. The summed E-state index contributed by atoms with van der Waals surface area (Å²) in [7, 11) is 1.52. The van der Waals surface area contributed by atoms with Gasteiger partial charge in [0.15, 0.2) is 0 Å². The van der Waals surface area contributed by atoms with Crippen molar-refractivity contribution in [3.8, 4) is 5.75 Å². The van der Waals surface area contributed by atoms with Gasteiger partial charge in [0.25, 0.3) is 5.91 Å². The summed E-state index contributed by atoms with van der Waals surface area (Å²) in [4.78, 5) is 22.7. The van der Waals surface area contributed by atoms with Crippen molar-refractivity contribution in [3.05, 3.63) is 29.8 Å². The first-order valence-electron chi connectivity index (χ1n) is 6.39. The van der Waals surface area contributed by atoms with E-state index in [4.69, 9.17) is 4.74 Å². The van der Waals surface area contributed by atoms with Crippen molar-refractivity contribution in [1.29, 1.82) is 0 Å². The Morgan fingerprint density at radius 2 is 1.89 bits per heavy atom. The Morgan fingerprint density at radius 3 is 2.47 bits per heavy atom. The summed E-state index contributed by atoms with van der Waals surface area (Å²) in [6, 6.07) is 6.87. The van der Waals surface area contributed by atoms with Crippen LogP contribution in [0.15, 0.2) is 24.3 Å². The van der Waals surface area contributed by atoms with Crippen molar-refractivity contribution in [2.24, 2.45) is 0 Å². The average molecular weight is 264 g/mol. The highest BCUT2D eigenvalue weighted by Crippen LogP contribution is 2.12. The van der Waals surface area contributed by atoms with E-state index in [0.717, 1.165) is 18.6 Å². The number of hydrogen-bond acceptors (Lipinski definition) is 3. The molecule has 1 aromatic carbocycles. The van der Waals surface area contributed by atoms with Gasteiger partial charge in [0.1, 0.15) is 5.75 Å². The van der Waals surface area contributed by atoms with Crippen LogP contribution in [0.1, 0.15) is 30.1 Å². The molecule has 0 saturated carbocycles. The zero-order valence-corrected chi connectivity index (χ0v) is 11.4. The van der Waals surface area contributed by atoms with Gasteiger partial charge in [-0.25, -0.2) is 0 Å². The number of carbonyl (C=O) groups excluding carboxylic acids is 2. The van der Waals surface area contributed by atoms with Gasteiger partial charge in [-0.1, -0.05) is 13.3 Å². The SMILES string of the molecule is CCCCOc1ccc(C(=O)NCC(=O)NC)cc1. The van der Waals surface area contributed by atoms with E-state index in [2.05, 4.69) is 17.6 Å². The molecule has 0 saturated heterocycles. The van der Waals surface area contributed by atoms with Crippen molar-refractivity contribution in [2.45, 2.75) is 19.8 Å². The molecule has 0 spiro atoms. The van der Waals surface area contributed by atoms with E-state index in [0.29, 0.717) is 12.2 Å². The van der Waals surface area contributed by atoms with Crippen LogP contribution in [0, 0.1) is 0 Å². The van der Waals surface area contributed by atoms with Gasteiger partial charge in [-0.05, 0) is 30.7 Å². The molecule has 0 aliphatic heterocycles. The molecule has 2 amide bonds. The first kappa shape index (κ1) is 15.0. The van der Waals surface area contributed by atoms with Crippen molar-refractivity contribution in [3.63, 3.8) is 0 Å². The van der Waals surface area contributed by atoms with E-state index in [1.165, 1.54) is 7.05 Å². The maximum Gasteiger partial charge on any atom is 0.251 e. The summed E-state index contributed by atoms with van der Waals surface area (Å²) in [5.74, 6) is 0.243. The minimum atomic E-state index is -0.274. The van der Waals surface area contributed by atoms with E-state index >= 15 is 0 Å². The first-order valence-corrected chi connectivity index (χ1v) is 6.39. The summed E-state index contributed by atoms with van der Waals surface area (Å²) in [6.45, 7) is 2.76. The largest absolute Gasteiger partial charge is 0.494 e. The molecular formula is C14H20N2O3. The third-order valence-corrected chi connectivity index (χ3v) is 2.57. The molecule has 0 bridgehead atoms. The average Bonchev–Trinajstić information content (AvgIpc) is 2.45. The van der Waals surface area contributed by atoms with E-state index in [1.54, 1.807) is 24.3 Å². The Hall–Kier alpha value is -2.04. The molecule has 0 unspecified atom stereocenters. The molecule has 0 heterocycles. The maximum absolute atomic E-state index is 11.7. The Bertz CT molecular complexity index is 415. The smallest absolute Gasteiger partial charge is 0.251 e. The number of likely N-dealkylation sites (N-methyl/N-ethyl adjacent to an activating group) is 1. The molecule has 1 rings (SSSR count). The van der Waals surface area contributed by atoms with E-state index in [1.807, 2.05) is 0 Å². The van der Waals surface area contributed by atoms with Gasteiger partial charge < -0.3 is 15.4 Å². The van der Waals surface area contributed by atoms with Crippen LogP contribution in [-0.4, -0.2) is 32.0 Å². The summed E-state index contributed by atoms with van der Waals surface area (Å²) >= 11 is 0. The molecule has 0 radical (unpaired) electrons.